The molecule has 2 N–H and O–H groups in total. The van der Waals surface area contributed by atoms with Crippen LogP contribution in [0, 0.1) is 0 Å². The fourth-order valence-corrected chi connectivity index (χ4v) is 0.706. The first-order chi connectivity index (χ1) is 7.52. The predicted molar refractivity (Wildman–Crippen MR) is 42.3 cm³/mol. The minimum absolute atomic E-state index is 0.694. The lowest BCUT2D eigenvalue weighted by atomic mass is 10.0. The molecule has 3 nitrogen and oxygen atoms in total. The van der Waals surface area contributed by atoms with E-state index in [0.29, 0.717) is 0 Å². The molecule has 0 saturated heterocycles. The summed E-state index contributed by atoms with van der Waals surface area (Å²) in [5.74, 6) is 0. The normalized spacial score (nSPS) is 21.9. The number of aliphatic hydroxyl groups is 1. The van der Waals surface area contributed by atoms with Crippen LogP contribution in [0.2, 0.25) is 0 Å². The third kappa shape index (κ3) is 1.68. The van der Waals surface area contributed by atoms with Crippen LogP contribution in [0.25, 0.3) is 0 Å². The molecule has 0 aliphatic rings. The molecule has 0 fully saturated rings. The molecule has 60 valence electrons. The van der Waals surface area contributed by atoms with Crippen molar-refractivity contribution in [1.29, 1.82) is 0 Å². The van der Waals surface area contributed by atoms with E-state index in [2.05, 4.69) is 4.98 Å². The third-order valence-electron chi connectivity index (χ3n) is 1.21. The summed E-state index contributed by atoms with van der Waals surface area (Å²) in [7, 11) is 0. The van der Waals surface area contributed by atoms with Crippen LogP contribution in [0.5, 0.6) is 0 Å². The Balaban J connectivity index is 3.59. The second kappa shape index (κ2) is 2.51. The van der Waals surface area contributed by atoms with Crippen molar-refractivity contribution < 1.29 is 13.3 Å². The van der Waals surface area contributed by atoms with Crippen molar-refractivity contribution in [3.8, 4) is 0 Å². The van der Waals surface area contributed by atoms with Gasteiger partial charge in [-0.3, -0.25) is 4.79 Å². The maximum Gasteiger partial charge on any atom is 0.254 e. The van der Waals surface area contributed by atoms with Gasteiger partial charge in [0.15, 0.2) is 0 Å². The Morgan fingerprint density at radius 2 is 2.45 bits per heavy atom. The smallest absolute Gasteiger partial charge is 0.254 e. The molecule has 0 aromatic carbocycles. The first-order valence-electron chi connectivity index (χ1n) is 5.92. The monoisotopic (exact) mass is 159 g/mol. The zero-order chi connectivity index (χ0) is 13.5. The van der Waals surface area contributed by atoms with Crippen LogP contribution in [0.15, 0.2) is 23.1 Å². The first-order valence-corrected chi connectivity index (χ1v) is 2.92. The van der Waals surface area contributed by atoms with E-state index in [9.17, 15) is 9.90 Å². The Labute approximate surface area is 73.1 Å². The summed E-state index contributed by atoms with van der Waals surface area (Å²) in [5, 5.41) is 9.99. The SMILES string of the molecule is [2H]C([2H])([2H])C(O)(c1ccc[nH]c1=O)C([2H])([2H])[2H]. The number of aromatic nitrogens is 1. The Kier molecular flexibility index (Phi) is 0.709. The fourth-order valence-electron chi connectivity index (χ4n) is 0.706. The fraction of sp³-hybridized carbons (Fsp3) is 0.375. The lowest BCUT2D eigenvalue weighted by Crippen LogP contribution is -2.26. The van der Waals surface area contributed by atoms with Crippen molar-refractivity contribution in [3.63, 3.8) is 0 Å². The van der Waals surface area contributed by atoms with E-state index >= 15 is 0 Å². The molecule has 0 aliphatic carbocycles. The van der Waals surface area contributed by atoms with Gasteiger partial charge in [-0.05, 0) is 25.8 Å². The van der Waals surface area contributed by atoms with Crippen molar-refractivity contribution in [1.82, 2.24) is 4.98 Å². The van der Waals surface area contributed by atoms with E-state index in [1.165, 1.54) is 12.3 Å². The van der Waals surface area contributed by atoms with Gasteiger partial charge in [0.2, 0.25) is 0 Å². The molecule has 0 saturated carbocycles. The van der Waals surface area contributed by atoms with E-state index in [4.69, 9.17) is 8.22 Å². The van der Waals surface area contributed by atoms with Crippen molar-refractivity contribution in [2.45, 2.75) is 19.3 Å². The van der Waals surface area contributed by atoms with Gasteiger partial charge in [-0.2, -0.15) is 0 Å². The molecule has 0 unspecified atom stereocenters. The second-order valence-electron chi connectivity index (χ2n) is 2.12. The van der Waals surface area contributed by atoms with Crippen LogP contribution in [-0.4, -0.2) is 10.1 Å². The van der Waals surface area contributed by atoms with Crippen molar-refractivity contribution in [2.24, 2.45) is 0 Å². The van der Waals surface area contributed by atoms with E-state index < -0.39 is 30.4 Å². The van der Waals surface area contributed by atoms with E-state index in [1.807, 2.05) is 0 Å². The summed E-state index contributed by atoms with van der Waals surface area (Å²) in [5.41, 5.74) is -4.82. The molecule has 3 heteroatoms. The van der Waals surface area contributed by atoms with Gasteiger partial charge >= 0.3 is 0 Å². The van der Waals surface area contributed by atoms with Gasteiger partial charge in [-0.15, -0.1) is 0 Å². The number of aromatic amines is 1. The molecule has 0 spiro atoms. The quantitative estimate of drug-likeness (QED) is 0.630. The molecule has 0 bridgehead atoms. The summed E-state index contributed by atoms with van der Waals surface area (Å²) >= 11 is 0. The minimum Gasteiger partial charge on any atom is -0.386 e. The highest BCUT2D eigenvalue weighted by atomic mass is 16.3. The van der Waals surface area contributed by atoms with Crippen molar-refractivity contribution >= 4 is 0 Å². The summed E-state index contributed by atoms with van der Waals surface area (Å²) in [4.78, 5) is 13.6. The number of H-pyrrole nitrogens is 1. The lowest BCUT2D eigenvalue weighted by Gasteiger charge is -2.15. The highest BCUT2D eigenvalue weighted by Crippen LogP contribution is 2.13. The van der Waals surface area contributed by atoms with Crippen LogP contribution >= 0.6 is 0 Å². The number of nitrogens with one attached hydrogen (secondary N) is 1. The van der Waals surface area contributed by atoms with E-state index in [-0.39, 0.29) is 0 Å². The lowest BCUT2D eigenvalue weighted by molar-refractivity contribution is 0.0770. The molecule has 1 aromatic rings. The van der Waals surface area contributed by atoms with Crippen LogP contribution in [0.3, 0.4) is 0 Å². The number of pyridine rings is 1. The van der Waals surface area contributed by atoms with Crippen molar-refractivity contribution in [3.05, 3.63) is 34.2 Å². The van der Waals surface area contributed by atoms with Gasteiger partial charge < -0.3 is 10.1 Å². The molecular formula is C8H11NO2. The van der Waals surface area contributed by atoms with Crippen LogP contribution in [-0.2, 0) is 5.60 Å². The molecule has 0 aliphatic heterocycles. The first kappa shape index (κ1) is 3.11. The van der Waals surface area contributed by atoms with Gasteiger partial charge in [0.05, 0.1) is 5.60 Å². The van der Waals surface area contributed by atoms with Gasteiger partial charge in [0, 0.05) is 20.0 Å². The second-order valence-corrected chi connectivity index (χ2v) is 2.12. The Hall–Kier alpha value is -1.09. The predicted octanol–water partition coefficient (Wildman–Crippen LogP) is 0.602. The van der Waals surface area contributed by atoms with E-state index in [0.717, 1.165) is 6.07 Å². The molecule has 1 heterocycles. The number of rotatable bonds is 1. The van der Waals surface area contributed by atoms with Gasteiger partial charge in [-0.25, -0.2) is 0 Å². The number of hydrogen-bond donors (Lipinski definition) is 2. The summed E-state index contributed by atoms with van der Waals surface area (Å²) in [6.45, 7) is -6.49. The molecule has 11 heavy (non-hydrogen) atoms. The summed E-state index contributed by atoms with van der Waals surface area (Å²) in [6.07, 6.45) is 1.21. The Morgan fingerprint density at radius 3 is 3.00 bits per heavy atom. The zero-order valence-electron chi connectivity index (χ0n) is 11.6. The highest BCUT2D eigenvalue weighted by Gasteiger charge is 2.18. The van der Waals surface area contributed by atoms with Gasteiger partial charge in [0.1, 0.15) is 0 Å². The standard InChI is InChI=1S/C8H11NO2/c1-8(2,11)6-4-3-5-9-7(6)10/h3-5,11H,1-2H3,(H,9,10)/i1D3,2D3. The average molecular weight is 159 g/mol. The van der Waals surface area contributed by atoms with Gasteiger partial charge in [0.25, 0.3) is 5.56 Å². The van der Waals surface area contributed by atoms with E-state index in [1.54, 1.807) is 0 Å². The largest absolute Gasteiger partial charge is 0.386 e. The average Bonchev–Trinajstić information content (AvgIpc) is 2.13. The van der Waals surface area contributed by atoms with Gasteiger partial charge in [-0.1, -0.05) is 0 Å². The molecule has 1 rings (SSSR count). The minimum atomic E-state index is -3.24. The Bertz CT molecular complexity index is 446. The molecular weight excluding hydrogens is 142 g/mol. The number of hydrogen-bond acceptors (Lipinski definition) is 2. The topological polar surface area (TPSA) is 53.1 Å². The van der Waals surface area contributed by atoms with Crippen LogP contribution < -0.4 is 5.56 Å². The molecule has 1 aromatic heterocycles. The zero-order valence-corrected chi connectivity index (χ0v) is 5.59. The third-order valence-corrected chi connectivity index (χ3v) is 1.21. The molecule has 0 amide bonds. The highest BCUT2D eigenvalue weighted by molar-refractivity contribution is 5.15. The molecule has 0 radical (unpaired) electrons. The van der Waals surface area contributed by atoms with Crippen LogP contribution in [0.1, 0.15) is 27.5 Å². The maximum atomic E-state index is 11.4. The Morgan fingerprint density at radius 1 is 1.73 bits per heavy atom. The summed E-state index contributed by atoms with van der Waals surface area (Å²) < 4.78 is 42.9. The maximum absolute atomic E-state index is 11.4. The van der Waals surface area contributed by atoms with Crippen LogP contribution in [0.4, 0.5) is 0 Å². The molecule has 0 atom stereocenters. The summed E-state index contributed by atoms with van der Waals surface area (Å²) in [6, 6.07) is 2.23. The van der Waals surface area contributed by atoms with Crippen molar-refractivity contribution in [2.75, 3.05) is 0 Å².